The molecule has 0 radical (unpaired) electrons. The second kappa shape index (κ2) is 9.86. The van der Waals surface area contributed by atoms with Crippen molar-refractivity contribution in [1.29, 1.82) is 0 Å². The van der Waals surface area contributed by atoms with Gasteiger partial charge >= 0.3 is 5.97 Å². The second-order valence-electron chi connectivity index (χ2n) is 7.45. The minimum Gasteiger partial charge on any atom is -0.486 e. The summed E-state index contributed by atoms with van der Waals surface area (Å²) in [5.74, 6) is 0.498. The monoisotopic (exact) mass is 455 g/mol. The predicted molar refractivity (Wildman–Crippen MR) is 120 cm³/mol. The number of fused-ring (bicyclic) bond motifs is 1. The van der Waals surface area contributed by atoms with Crippen molar-refractivity contribution in [2.24, 2.45) is 0 Å². The lowest BCUT2D eigenvalue weighted by Crippen LogP contribution is -2.34. The quantitative estimate of drug-likeness (QED) is 0.484. The summed E-state index contributed by atoms with van der Waals surface area (Å²) in [7, 11) is 0. The maximum atomic E-state index is 13.0. The molecule has 3 heterocycles. The van der Waals surface area contributed by atoms with E-state index in [-0.39, 0.29) is 18.9 Å². The zero-order chi connectivity index (χ0) is 22.5. The number of hydrogen-bond acceptors (Lipinski definition) is 7. The highest BCUT2D eigenvalue weighted by Crippen LogP contribution is 2.34. The van der Waals surface area contributed by atoms with E-state index >= 15 is 0 Å². The van der Waals surface area contributed by atoms with E-state index in [1.165, 1.54) is 0 Å². The van der Waals surface area contributed by atoms with Crippen LogP contribution in [-0.2, 0) is 27.4 Å². The van der Waals surface area contributed by atoms with Gasteiger partial charge in [0.05, 0.1) is 25.2 Å². The normalized spacial score (nSPS) is 12.4. The molecule has 4 rings (SSSR count). The summed E-state index contributed by atoms with van der Waals surface area (Å²) in [6, 6.07) is 11.2. The van der Waals surface area contributed by atoms with Crippen LogP contribution in [0.4, 0.5) is 5.69 Å². The molecule has 1 aliphatic heterocycles. The number of carbonyl (C=O) groups is 2. The van der Waals surface area contributed by atoms with Gasteiger partial charge in [0.15, 0.2) is 18.1 Å². The highest BCUT2D eigenvalue weighted by atomic mass is 32.1. The van der Waals surface area contributed by atoms with Crippen molar-refractivity contribution >= 4 is 28.9 Å². The van der Waals surface area contributed by atoms with Crippen LogP contribution in [0.1, 0.15) is 22.7 Å². The van der Waals surface area contributed by atoms with Crippen LogP contribution in [-0.4, -0.2) is 41.5 Å². The third-order valence-electron chi connectivity index (χ3n) is 5.02. The summed E-state index contributed by atoms with van der Waals surface area (Å²) in [6.07, 6.45) is 0.143. The standard InChI is InChI=1S/C23H25N3O5S/c1-16-12-17(2)26(24-16)8-7-23(28)31-15-22(27)25(14-19-4-3-11-32-19)18-5-6-20-21(13-18)30-10-9-29-20/h3-6,11-13H,7-10,14-15H2,1-2H3. The number of carbonyl (C=O) groups excluding carboxylic acids is 2. The summed E-state index contributed by atoms with van der Waals surface area (Å²) in [4.78, 5) is 27.9. The fraction of sp³-hybridized carbons (Fsp3) is 0.348. The summed E-state index contributed by atoms with van der Waals surface area (Å²) in [5.41, 5.74) is 2.54. The van der Waals surface area contributed by atoms with Gasteiger partial charge in [-0.25, -0.2) is 0 Å². The molecule has 168 valence electrons. The smallest absolute Gasteiger partial charge is 0.308 e. The second-order valence-corrected chi connectivity index (χ2v) is 8.48. The lowest BCUT2D eigenvalue weighted by molar-refractivity contribution is -0.148. The molecule has 0 atom stereocenters. The topological polar surface area (TPSA) is 82.9 Å². The maximum absolute atomic E-state index is 13.0. The molecule has 0 saturated carbocycles. The number of thiophene rings is 1. The van der Waals surface area contributed by atoms with Gasteiger partial charge in [-0.2, -0.15) is 5.10 Å². The molecule has 1 aromatic carbocycles. The molecular formula is C23H25N3O5S. The van der Waals surface area contributed by atoms with Crippen LogP contribution < -0.4 is 14.4 Å². The van der Waals surface area contributed by atoms with E-state index < -0.39 is 5.97 Å². The number of anilines is 1. The molecule has 9 heteroatoms. The van der Waals surface area contributed by atoms with Crippen molar-refractivity contribution < 1.29 is 23.8 Å². The summed E-state index contributed by atoms with van der Waals surface area (Å²) in [6.45, 7) is 5.24. The van der Waals surface area contributed by atoms with Gasteiger partial charge in [0.25, 0.3) is 5.91 Å². The van der Waals surface area contributed by atoms with E-state index in [4.69, 9.17) is 14.2 Å². The Morgan fingerprint density at radius 3 is 2.69 bits per heavy atom. The van der Waals surface area contributed by atoms with Crippen molar-refractivity contribution in [2.75, 3.05) is 24.7 Å². The lowest BCUT2D eigenvalue weighted by Gasteiger charge is -2.25. The first-order valence-electron chi connectivity index (χ1n) is 10.4. The Morgan fingerprint density at radius 1 is 1.16 bits per heavy atom. The van der Waals surface area contributed by atoms with Crippen LogP contribution in [0.15, 0.2) is 41.8 Å². The highest BCUT2D eigenvalue weighted by molar-refractivity contribution is 7.09. The number of benzene rings is 1. The van der Waals surface area contributed by atoms with Crippen LogP contribution in [0.2, 0.25) is 0 Å². The third kappa shape index (κ3) is 5.28. The lowest BCUT2D eigenvalue weighted by atomic mass is 10.2. The van der Waals surface area contributed by atoms with Crippen molar-refractivity contribution in [3.05, 3.63) is 58.0 Å². The molecular weight excluding hydrogens is 430 g/mol. The number of ether oxygens (including phenoxy) is 3. The van der Waals surface area contributed by atoms with Crippen molar-refractivity contribution in [3.8, 4) is 11.5 Å². The van der Waals surface area contributed by atoms with Crippen molar-refractivity contribution in [2.45, 2.75) is 33.4 Å². The largest absolute Gasteiger partial charge is 0.486 e. The SMILES string of the molecule is Cc1cc(C)n(CCC(=O)OCC(=O)N(Cc2cccs2)c2ccc3c(c2)OCCO3)n1. The Bertz CT molecular complexity index is 1090. The van der Waals surface area contributed by atoms with Crippen LogP contribution >= 0.6 is 11.3 Å². The first-order chi connectivity index (χ1) is 15.5. The molecule has 0 N–H and O–H groups in total. The minimum absolute atomic E-state index is 0.143. The van der Waals surface area contributed by atoms with Gasteiger partial charge in [-0.15, -0.1) is 11.3 Å². The number of amides is 1. The van der Waals surface area contributed by atoms with E-state index in [2.05, 4.69) is 5.10 Å². The van der Waals surface area contributed by atoms with Gasteiger partial charge in [-0.3, -0.25) is 14.3 Å². The van der Waals surface area contributed by atoms with Crippen LogP contribution in [0, 0.1) is 13.8 Å². The van der Waals surface area contributed by atoms with Gasteiger partial charge in [0.2, 0.25) is 0 Å². The molecule has 0 fully saturated rings. The molecule has 0 aliphatic carbocycles. The Labute approximate surface area is 190 Å². The van der Waals surface area contributed by atoms with Gasteiger partial charge in [-0.1, -0.05) is 6.07 Å². The Hall–Kier alpha value is -3.33. The maximum Gasteiger partial charge on any atom is 0.308 e. The fourth-order valence-corrected chi connectivity index (χ4v) is 4.17. The van der Waals surface area contributed by atoms with Gasteiger partial charge in [0, 0.05) is 22.3 Å². The highest BCUT2D eigenvalue weighted by Gasteiger charge is 2.21. The number of nitrogens with zero attached hydrogens (tertiary/aromatic N) is 3. The number of hydrogen-bond donors (Lipinski definition) is 0. The molecule has 3 aromatic rings. The zero-order valence-electron chi connectivity index (χ0n) is 18.1. The molecule has 0 unspecified atom stereocenters. The number of aromatic nitrogens is 2. The average molecular weight is 456 g/mol. The van der Waals surface area contributed by atoms with E-state index in [0.717, 1.165) is 16.3 Å². The first-order valence-corrected chi connectivity index (χ1v) is 11.3. The molecule has 1 aliphatic rings. The number of rotatable bonds is 8. The Morgan fingerprint density at radius 2 is 1.97 bits per heavy atom. The molecule has 0 bridgehead atoms. The number of esters is 1. The number of aryl methyl sites for hydroxylation is 3. The first kappa shape index (κ1) is 21.9. The molecule has 8 nitrogen and oxygen atoms in total. The van der Waals surface area contributed by atoms with Crippen LogP contribution in [0.5, 0.6) is 11.5 Å². The molecule has 2 aromatic heterocycles. The fourth-order valence-electron chi connectivity index (χ4n) is 3.47. The Kier molecular flexibility index (Phi) is 6.75. The van der Waals surface area contributed by atoms with Gasteiger partial charge in [0.1, 0.15) is 13.2 Å². The molecule has 32 heavy (non-hydrogen) atoms. The van der Waals surface area contributed by atoms with E-state index in [0.29, 0.717) is 43.5 Å². The summed E-state index contributed by atoms with van der Waals surface area (Å²) < 4.78 is 18.3. The Balaban J connectivity index is 1.41. The molecule has 1 amide bonds. The summed E-state index contributed by atoms with van der Waals surface area (Å²) >= 11 is 1.56. The van der Waals surface area contributed by atoms with Gasteiger partial charge < -0.3 is 19.1 Å². The molecule has 0 spiro atoms. The zero-order valence-corrected chi connectivity index (χ0v) is 18.9. The minimum atomic E-state index is -0.441. The van der Waals surface area contributed by atoms with Gasteiger partial charge in [-0.05, 0) is 43.5 Å². The van der Waals surface area contributed by atoms with E-state index in [9.17, 15) is 9.59 Å². The predicted octanol–water partition coefficient (Wildman–Crippen LogP) is 3.50. The van der Waals surface area contributed by atoms with Crippen molar-refractivity contribution in [3.63, 3.8) is 0 Å². The third-order valence-corrected chi connectivity index (χ3v) is 5.88. The van der Waals surface area contributed by atoms with Crippen LogP contribution in [0.25, 0.3) is 0 Å². The molecule has 0 saturated heterocycles. The van der Waals surface area contributed by atoms with E-state index in [1.54, 1.807) is 33.1 Å². The van der Waals surface area contributed by atoms with E-state index in [1.807, 2.05) is 43.5 Å². The average Bonchev–Trinajstić information content (AvgIpc) is 3.42. The summed E-state index contributed by atoms with van der Waals surface area (Å²) in [5, 5.41) is 6.29. The van der Waals surface area contributed by atoms with Crippen molar-refractivity contribution in [1.82, 2.24) is 9.78 Å². The van der Waals surface area contributed by atoms with Crippen LogP contribution in [0.3, 0.4) is 0 Å².